The van der Waals surface area contributed by atoms with E-state index in [0.29, 0.717) is 6.04 Å². The molecular formula is C11H19IN4. The molecule has 1 aliphatic rings. The fraction of sp³-hybridized carbons (Fsp3) is 0.545. The third-order valence-electron chi connectivity index (χ3n) is 2.49. The molecule has 2 N–H and O–H groups in total. The second kappa shape index (κ2) is 6.12. The van der Waals surface area contributed by atoms with Crippen molar-refractivity contribution in [3.05, 3.63) is 24.0 Å². The van der Waals surface area contributed by atoms with Gasteiger partial charge >= 0.3 is 0 Å². The van der Waals surface area contributed by atoms with Crippen LogP contribution in [0.5, 0.6) is 0 Å². The van der Waals surface area contributed by atoms with Gasteiger partial charge in [0, 0.05) is 39.1 Å². The van der Waals surface area contributed by atoms with Crippen LogP contribution in [0.15, 0.2) is 23.5 Å². The maximum atomic E-state index is 4.18. The number of aliphatic imine (C=N–C) groups is 1. The predicted octanol–water partition coefficient (Wildman–Crippen LogP) is 1.47. The van der Waals surface area contributed by atoms with E-state index in [2.05, 4.69) is 27.9 Å². The third kappa shape index (κ3) is 4.03. The Morgan fingerprint density at radius 1 is 1.56 bits per heavy atom. The minimum atomic E-state index is 0. The van der Waals surface area contributed by atoms with Crippen molar-refractivity contribution in [1.29, 1.82) is 0 Å². The molecule has 0 bridgehead atoms. The van der Waals surface area contributed by atoms with Crippen LogP contribution in [-0.2, 0) is 13.6 Å². The lowest BCUT2D eigenvalue weighted by Crippen LogP contribution is -2.37. The first-order valence-corrected chi connectivity index (χ1v) is 5.36. The average Bonchev–Trinajstić information content (AvgIpc) is 2.95. The summed E-state index contributed by atoms with van der Waals surface area (Å²) in [6.45, 7) is 0.827. The number of nitrogens with zero attached hydrogens (tertiary/aromatic N) is 2. The van der Waals surface area contributed by atoms with Crippen molar-refractivity contribution >= 4 is 29.9 Å². The molecule has 0 saturated heterocycles. The van der Waals surface area contributed by atoms with Crippen molar-refractivity contribution in [2.45, 2.75) is 25.4 Å². The summed E-state index contributed by atoms with van der Waals surface area (Å²) < 4.78 is 2.05. The highest BCUT2D eigenvalue weighted by Gasteiger charge is 2.21. The number of aryl methyl sites for hydroxylation is 1. The van der Waals surface area contributed by atoms with Crippen LogP contribution in [0.3, 0.4) is 0 Å². The molecule has 16 heavy (non-hydrogen) atoms. The van der Waals surface area contributed by atoms with E-state index in [9.17, 15) is 0 Å². The van der Waals surface area contributed by atoms with E-state index in [4.69, 9.17) is 0 Å². The van der Waals surface area contributed by atoms with E-state index in [1.807, 2.05) is 24.9 Å². The van der Waals surface area contributed by atoms with Crippen molar-refractivity contribution in [3.63, 3.8) is 0 Å². The molecule has 1 aromatic heterocycles. The lowest BCUT2D eigenvalue weighted by Gasteiger charge is -2.09. The zero-order valence-electron chi connectivity index (χ0n) is 9.73. The van der Waals surface area contributed by atoms with Gasteiger partial charge in [0.1, 0.15) is 0 Å². The quantitative estimate of drug-likeness (QED) is 0.499. The summed E-state index contributed by atoms with van der Waals surface area (Å²) in [5.41, 5.74) is 1.27. The predicted molar refractivity (Wildman–Crippen MR) is 77.2 cm³/mol. The maximum Gasteiger partial charge on any atom is 0.191 e. The lowest BCUT2D eigenvalue weighted by molar-refractivity contribution is 0.802. The fourth-order valence-corrected chi connectivity index (χ4v) is 1.47. The molecule has 90 valence electrons. The first kappa shape index (κ1) is 13.3. The Kier molecular flexibility index (Phi) is 5.11. The number of hydrogen-bond donors (Lipinski definition) is 2. The van der Waals surface area contributed by atoms with Crippen LogP contribution in [0.25, 0.3) is 0 Å². The standard InChI is InChI=1S/C11H18N4.HI/c1-12-11(14-10-3-4-10)13-7-9-5-6-15(2)8-9;/h5-6,8,10H,3-4,7H2,1-2H3,(H2,12,13,14);1H. The van der Waals surface area contributed by atoms with Gasteiger partial charge in [0.25, 0.3) is 0 Å². The van der Waals surface area contributed by atoms with Crippen molar-refractivity contribution in [1.82, 2.24) is 15.2 Å². The van der Waals surface area contributed by atoms with Gasteiger partial charge in [0.15, 0.2) is 5.96 Å². The van der Waals surface area contributed by atoms with Gasteiger partial charge < -0.3 is 15.2 Å². The SMILES string of the molecule is CN=C(NCc1ccn(C)c1)NC1CC1.I. The molecule has 0 aromatic carbocycles. The highest BCUT2D eigenvalue weighted by Crippen LogP contribution is 2.18. The summed E-state index contributed by atoms with van der Waals surface area (Å²) >= 11 is 0. The molecule has 1 saturated carbocycles. The minimum absolute atomic E-state index is 0. The molecule has 2 rings (SSSR count). The summed E-state index contributed by atoms with van der Waals surface area (Å²) in [5.74, 6) is 0.904. The first-order chi connectivity index (χ1) is 7.28. The Bertz CT molecular complexity index is 355. The van der Waals surface area contributed by atoms with Gasteiger partial charge in [0.2, 0.25) is 0 Å². The highest BCUT2D eigenvalue weighted by molar-refractivity contribution is 14.0. The molecule has 1 heterocycles. The second-order valence-corrected chi connectivity index (χ2v) is 4.03. The average molecular weight is 334 g/mol. The van der Waals surface area contributed by atoms with E-state index in [0.717, 1.165) is 12.5 Å². The Balaban J connectivity index is 0.00000128. The van der Waals surface area contributed by atoms with Crippen LogP contribution in [0.1, 0.15) is 18.4 Å². The van der Waals surface area contributed by atoms with Crippen LogP contribution < -0.4 is 10.6 Å². The maximum absolute atomic E-state index is 4.18. The normalized spacial score (nSPS) is 15.5. The van der Waals surface area contributed by atoms with E-state index >= 15 is 0 Å². The smallest absolute Gasteiger partial charge is 0.191 e. The number of rotatable bonds is 3. The Morgan fingerprint density at radius 3 is 2.81 bits per heavy atom. The van der Waals surface area contributed by atoms with Gasteiger partial charge in [-0.05, 0) is 24.5 Å². The highest BCUT2D eigenvalue weighted by atomic mass is 127. The monoisotopic (exact) mass is 334 g/mol. The van der Waals surface area contributed by atoms with Crippen LogP contribution in [0, 0.1) is 0 Å². The molecule has 0 unspecified atom stereocenters. The summed E-state index contributed by atoms with van der Waals surface area (Å²) in [5, 5.41) is 6.65. The fourth-order valence-electron chi connectivity index (χ4n) is 1.47. The summed E-state index contributed by atoms with van der Waals surface area (Å²) in [6.07, 6.45) is 6.70. The van der Waals surface area contributed by atoms with Gasteiger partial charge in [-0.1, -0.05) is 0 Å². The van der Waals surface area contributed by atoms with E-state index in [1.54, 1.807) is 0 Å². The molecule has 0 radical (unpaired) electrons. The van der Waals surface area contributed by atoms with E-state index in [1.165, 1.54) is 18.4 Å². The zero-order valence-corrected chi connectivity index (χ0v) is 12.1. The van der Waals surface area contributed by atoms with Crippen molar-refractivity contribution in [2.75, 3.05) is 7.05 Å². The van der Waals surface area contributed by atoms with Crippen LogP contribution in [-0.4, -0.2) is 23.6 Å². The topological polar surface area (TPSA) is 41.4 Å². The summed E-state index contributed by atoms with van der Waals surface area (Å²) in [4.78, 5) is 4.18. The van der Waals surface area contributed by atoms with Gasteiger partial charge in [-0.15, -0.1) is 24.0 Å². The van der Waals surface area contributed by atoms with Crippen LogP contribution in [0.4, 0.5) is 0 Å². The third-order valence-corrected chi connectivity index (χ3v) is 2.49. The number of hydrogen-bond acceptors (Lipinski definition) is 1. The van der Waals surface area contributed by atoms with Gasteiger partial charge in [-0.25, -0.2) is 0 Å². The molecule has 4 nitrogen and oxygen atoms in total. The number of nitrogens with one attached hydrogen (secondary N) is 2. The van der Waals surface area contributed by atoms with Crippen molar-refractivity contribution in [3.8, 4) is 0 Å². The van der Waals surface area contributed by atoms with Crippen molar-refractivity contribution < 1.29 is 0 Å². The van der Waals surface area contributed by atoms with Crippen molar-refractivity contribution in [2.24, 2.45) is 12.0 Å². The molecule has 1 fully saturated rings. The Morgan fingerprint density at radius 2 is 2.31 bits per heavy atom. The Hall–Kier alpha value is -0.720. The molecule has 0 amide bonds. The van der Waals surface area contributed by atoms with Gasteiger partial charge in [-0.3, -0.25) is 4.99 Å². The van der Waals surface area contributed by atoms with Gasteiger partial charge in [-0.2, -0.15) is 0 Å². The number of aromatic nitrogens is 1. The molecule has 1 aliphatic carbocycles. The van der Waals surface area contributed by atoms with Gasteiger partial charge in [0.05, 0.1) is 0 Å². The van der Waals surface area contributed by atoms with E-state index < -0.39 is 0 Å². The first-order valence-electron chi connectivity index (χ1n) is 5.36. The minimum Gasteiger partial charge on any atom is -0.357 e. The number of halogens is 1. The van der Waals surface area contributed by atoms with Crippen LogP contribution in [0.2, 0.25) is 0 Å². The Labute approximate surface area is 114 Å². The molecule has 0 aliphatic heterocycles. The number of guanidine groups is 1. The summed E-state index contributed by atoms with van der Waals surface area (Å²) in [6, 6.07) is 2.75. The second-order valence-electron chi connectivity index (χ2n) is 4.03. The molecule has 5 heteroatoms. The molecule has 0 atom stereocenters. The van der Waals surface area contributed by atoms with E-state index in [-0.39, 0.29) is 24.0 Å². The molecular weight excluding hydrogens is 315 g/mol. The lowest BCUT2D eigenvalue weighted by atomic mass is 10.3. The molecule has 1 aromatic rings. The summed E-state index contributed by atoms with van der Waals surface area (Å²) in [7, 11) is 3.84. The zero-order chi connectivity index (χ0) is 10.7. The largest absolute Gasteiger partial charge is 0.357 e. The molecule has 0 spiro atoms. The van der Waals surface area contributed by atoms with Crippen LogP contribution >= 0.6 is 24.0 Å².